The lowest BCUT2D eigenvalue weighted by Crippen LogP contribution is -2.41. The highest BCUT2D eigenvalue weighted by Gasteiger charge is 2.34. The Morgan fingerprint density at radius 2 is 2.15 bits per heavy atom. The van der Waals surface area contributed by atoms with Gasteiger partial charge >= 0.3 is 0 Å². The van der Waals surface area contributed by atoms with Gasteiger partial charge in [0, 0.05) is 6.04 Å². The Hall–Kier alpha value is -1.53. The monoisotopic (exact) mass is 284 g/mol. The molecule has 2 N–H and O–H groups in total. The van der Waals surface area contributed by atoms with Gasteiger partial charge in [-0.3, -0.25) is 4.79 Å². The zero-order chi connectivity index (χ0) is 14.7. The second-order valence-corrected chi connectivity index (χ2v) is 4.85. The van der Waals surface area contributed by atoms with Crippen molar-refractivity contribution in [3.63, 3.8) is 0 Å². The predicted octanol–water partition coefficient (Wildman–Crippen LogP) is 1.84. The van der Waals surface area contributed by atoms with Gasteiger partial charge in [0.2, 0.25) is 5.91 Å². The Balaban J connectivity index is 2.14. The normalized spacial score (nSPS) is 22.0. The largest absolute Gasteiger partial charge is 0.379 e. The number of hydrogen-bond donors (Lipinski definition) is 2. The van der Waals surface area contributed by atoms with Gasteiger partial charge in [0.1, 0.15) is 11.5 Å². The van der Waals surface area contributed by atoms with Crippen LogP contribution in [-0.2, 0) is 9.53 Å². The van der Waals surface area contributed by atoms with Gasteiger partial charge in [0.05, 0.1) is 19.1 Å². The maximum Gasteiger partial charge on any atom is 0.231 e. The Labute approximate surface area is 116 Å². The molecular formula is C14H18F2N2O2. The van der Waals surface area contributed by atoms with E-state index in [0.717, 1.165) is 6.07 Å². The number of carbonyl (C=O) groups is 1. The summed E-state index contributed by atoms with van der Waals surface area (Å²) < 4.78 is 32.7. The first-order chi connectivity index (χ1) is 9.54. The summed E-state index contributed by atoms with van der Waals surface area (Å²) in [7, 11) is 0. The van der Waals surface area contributed by atoms with E-state index in [1.54, 1.807) is 0 Å². The van der Waals surface area contributed by atoms with E-state index in [-0.39, 0.29) is 18.2 Å². The molecule has 1 amide bonds. The third kappa shape index (κ3) is 2.96. The summed E-state index contributed by atoms with van der Waals surface area (Å²) in [4.78, 5) is 12.2. The van der Waals surface area contributed by atoms with Crippen LogP contribution in [0, 0.1) is 24.5 Å². The summed E-state index contributed by atoms with van der Waals surface area (Å²) in [5.74, 6) is -2.40. The molecule has 1 heterocycles. The number of halogens is 2. The minimum atomic E-state index is -0.777. The molecular weight excluding hydrogens is 266 g/mol. The van der Waals surface area contributed by atoms with Crippen molar-refractivity contribution < 1.29 is 18.3 Å². The van der Waals surface area contributed by atoms with Crippen LogP contribution in [0.25, 0.3) is 0 Å². The molecule has 0 aliphatic carbocycles. The zero-order valence-electron chi connectivity index (χ0n) is 11.5. The zero-order valence-corrected chi connectivity index (χ0v) is 11.5. The molecule has 1 aromatic rings. The van der Waals surface area contributed by atoms with Gasteiger partial charge in [-0.2, -0.15) is 0 Å². The van der Waals surface area contributed by atoms with Crippen LogP contribution in [0.4, 0.5) is 14.5 Å². The van der Waals surface area contributed by atoms with Crippen LogP contribution in [0.2, 0.25) is 0 Å². The summed E-state index contributed by atoms with van der Waals surface area (Å²) in [6.07, 6.45) is 0. The molecule has 20 heavy (non-hydrogen) atoms. The minimum Gasteiger partial charge on any atom is -0.379 e. The van der Waals surface area contributed by atoms with E-state index in [4.69, 9.17) is 4.74 Å². The number of benzene rings is 1. The number of carbonyl (C=O) groups excluding carboxylic acids is 1. The maximum atomic E-state index is 13.9. The smallest absolute Gasteiger partial charge is 0.231 e. The van der Waals surface area contributed by atoms with Gasteiger partial charge in [-0.15, -0.1) is 0 Å². The van der Waals surface area contributed by atoms with Crippen LogP contribution in [0.5, 0.6) is 0 Å². The highest BCUT2D eigenvalue weighted by molar-refractivity contribution is 5.93. The Morgan fingerprint density at radius 1 is 1.40 bits per heavy atom. The molecule has 0 aromatic heterocycles. The standard InChI is InChI=1S/C14H18F2N2O2/c1-3-17-11-7-20-6-9(11)14(19)18-13-10(15)5-4-8(2)12(13)16/h4-5,9,11,17H,3,6-7H2,1-2H3,(H,18,19). The first-order valence-electron chi connectivity index (χ1n) is 6.61. The van der Waals surface area contributed by atoms with Crippen LogP contribution < -0.4 is 10.6 Å². The average Bonchev–Trinajstić information content (AvgIpc) is 2.88. The van der Waals surface area contributed by atoms with E-state index in [9.17, 15) is 13.6 Å². The summed E-state index contributed by atoms with van der Waals surface area (Å²) >= 11 is 0. The second-order valence-electron chi connectivity index (χ2n) is 4.85. The van der Waals surface area contributed by atoms with E-state index in [1.807, 2.05) is 6.92 Å². The summed E-state index contributed by atoms with van der Waals surface area (Å²) in [5.41, 5.74) is -0.107. The first kappa shape index (κ1) is 14.9. The fraction of sp³-hybridized carbons (Fsp3) is 0.500. The number of likely N-dealkylation sites (N-methyl/N-ethyl adjacent to an activating group) is 1. The lowest BCUT2D eigenvalue weighted by Gasteiger charge is -2.18. The molecule has 1 saturated heterocycles. The third-order valence-electron chi connectivity index (χ3n) is 3.42. The highest BCUT2D eigenvalue weighted by atomic mass is 19.1. The van der Waals surface area contributed by atoms with E-state index in [1.165, 1.54) is 13.0 Å². The van der Waals surface area contributed by atoms with Crippen molar-refractivity contribution in [1.82, 2.24) is 5.32 Å². The van der Waals surface area contributed by atoms with Crippen molar-refractivity contribution in [1.29, 1.82) is 0 Å². The fourth-order valence-electron chi connectivity index (χ4n) is 2.26. The summed E-state index contributed by atoms with van der Waals surface area (Å²) in [5, 5.41) is 5.47. The quantitative estimate of drug-likeness (QED) is 0.887. The third-order valence-corrected chi connectivity index (χ3v) is 3.42. The van der Waals surface area contributed by atoms with Crippen molar-refractivity contribution >= 4 is 11.6 Å². The molecule has 110 valence electrons. The molecule has 1 fully saturated rings. The summed E-state index contributed by atoms with van der Waals surface area (Å²) in [6.45, 7) is 4.81. The van der Waals surface area contributed by atoms with Crippen LogP contribution >= 0.6 is 0 Å². The molecule has 0 spiro atoms. The van der Waals surface area contributed by atoms with Gasteiger partial charge < -0.3 is 15.4 Å². The topological polar surface area (TPSA) is 50.4 Å². The molecule has 2 unspecified atom stereocenters. The first-order valence-corrected chi connectivity index (χ1v) is 6.61. The van der Waals surface area contributed by atoms with Crippen LogP contribution in [0.1, 0.15) is 12.5 Å². The average molecular weight is 284 g/mol. The lowest BCUT2D eigenvalue weighted by molar-refractivity contribution is -0.120. The van der Waals surface area contributed by atoms with E-state index >= 15 is 0 Å². The Bertz CT molecular complexity index is 508. The highest BCUT2D eigenvalue weighted by Crippen LogP contribution is 2.23. The van der Waals surface area contributed by atoms with Crippen LogP contribution in [-0.4, -0.2) is 31.7 Å². The van der Waals surface area contributed by atoms with Crippen molar-refractivity contribution in [2.24, 2.45) is 5.92 Å². The Kier molecular flexibility index (Phi) is 4.67. The number of amides is 1. The number of anilines is 1. The van der Waals surface area contributed by atoms with Crippen LogP contribution in [0.3, 0.4) is 0 Å². The molecule has 0 radical (unpaired) electrons. The number of nitrogens with one attached hydrogen (secondary N) is 2. The Morgan fingerprint density at radius 3 is 2.85 bits per heavy atom. The number of hydrogen-bond acceptors (Lipinski definition) is 3. The van der Waals surface area contributed by atoms with Gasteiger partial charge in [0.25, 0.3) is 0 Å². The molecule has 2 atom stereocenters. The fourth-order valence-corrected chi connectivity index (χ4v) is 2.26. The molecule has 1 aromatic carbocycles. The molecule has 6 heteroatoms. The molecule has 4 nitrogen and oxygen atoms in total. The molecule has 2 rings (SSSR count). The van der Waals surface area contributed by atoms with Crippen molar-refractivity contribution in [3.8, 4) is 0 Å². The number of ether oxygens (including phenoxy) is 1. The van der Waals surface area contributed by atoms with E-state index < -0.39 is 29.1 Å². The maximum absolute atomic E-state index is 13.9. The predicted molar refractivity (Wildman–Crippen MR) is 71.5 cm³/mol. The SMILES string of the molecule is CCNC1COCC1C(=O)Nc1c(F)ccc(C)c1F. The summed E-state index contributed by atoms with van der Waals surface area (Å²) in [6, 6.07) is 2.34. The van der Waals surface area contributed by atoms with Crippen molar-refractivity contribution in [3.05, 3.63) is 29.3 Å². The van der Waals surface area contributed by atoms with Crippen molar-refractivity contribution in [2.75, 3.05) is 25.1 Å². The van der Waals surface area contributed by atoms with E-state index in [0.29, 0.717) is 13.2 Å². The molecule has 0 bridgehead atoms. The van der Waals surface area contributed by atoms with Crippen molar-refractivity contribution in [2.45, 2.75) is 19.9 Å². The van der Waals surface area contributed by atoms with Gasteiger partial charge in [-0.05, 0) is 25.1 Å². The van der Waals surface area contributed by atoms with E-state index in [2.05, 4.69) is 10.6 Å². The number of rotatable bonds is 4. The van der Waals surface area contributed by atoms with Gasteiger partial charge in [-0.1, -0.05) is 13.0 Å². The number of aryl methyl sites for hydroxylation is 1. The molecule has 1 aliphatic heterocycles. The lowest BCUT2D eigenvalue weighted by atomic mass is 10.0. The molecule has 1 aliphatic rings. The van der Waals surface area contributed by atoms with Gasteiger partial charge in [0.15, 0.2) is 5.82 Å². The van der Waals surface area contributed by atoms with Gasteiger partial charge in [-0.25, -0.2) is 8.78 Å². The molecule has 0 saturated carbocycles. The second kappa shape index (κ2) is 6.28. The van der Waals surface area contributed by atoms with Crippen LogP contribution in [0.15, 0.2) is 12.1 Å². The minimum absolute atomic E-state index is 0.129.